The maximum Gasteiger partial charge on any atom is 0.224 e. The smallest absolute Gasteiger partial charge is 0.224 e. The second-order valence-electron chi connectivity index (χ2n) is 9.32. The number of ether oxygens (including phenoxy) is 1. The van der Waals surface area contributed by atoms with E-state index in [-0.39, 0.29) is 33.6 Å². The number of hydrogen-bond donors (Lipinski definition) is 1. The molecule has 0 bridgehead atoms. The van der Waals surface area contributed by atoms with E-state index in [2.05, 4.69) is 16.3 Å². The molecule has 2 atom stereocenters. The Morgan fingerprint density at radius 3 is 2.57 bits per heavy atom. The van der Waals surface area contributed by atoms with E-state index in [1.54, 1.807) is 12.1 Å². The average molecular weight is 450 g/mol. The molecule has 1 spiro atoms. The minimum Gasteiger partial charge on any atom is -0.380 e. The molecule has 160 valence electrons. The molecule has 7 nitrogen and oxygen atoms in total. The minimum absolute atomic E-state index is 0.136. The lowest BCUT2D eigenvalue weighted by Gasteiger charge is -2.56. The highest BCUT2D eigenvalue weighted by atomic mass is 35.5. The topological polar surface area (TPSA) is 99.5 Å². The third kappa shape index (κ3) is 3.28. The SMILES string of the molecule is N#CC1(NC(=O)[C@@H]2CC[C@@H](S(=O)(=O)c3ccc(N4CC5(COC5)C4)cc3Cl)C2)CC1. The highest BCUT2D eigenvalue weighted by Gasteiger charge is 2.49. The van der Waals surface area contributed by atoms with Crippen LogP contribution in [0.2, 0.25) is 5.02 Å². The Hall–Kier alpha value is -1.82. The number of carbonyl (C=O) groups is 1. The zero-order valence-corrected chi connectivity index (χ0v) is 18.1. The third-order valence-corrected chi connectivity index (χ3v) is 9.68. The fourth-order valence-corrected chi connectivity index (χ4v) is 7.18. The van der Waals surface area contributed by atoms with E-state index < -0.39 is 20.6 Å². The van der Waals surface area contributed by atoms with Crippen LogP contribution in [0.5, 0.6) is 0 Å². The van der Waals surface area contributed by atoms with Crippen molar-refractivity contribution in [2.45, 2.75) is 47.8 Å². The van der Waals surface area contributed by atoms with Gasteiger partial charge in [0.05, 0.1) is 39.9 Å². The number of nitrogens with one attached hydrogen (secondary N) is 1. The van der Waals surface area contributed by atoms with Crippen molar-refractivity contribution in [2.75, 3.05) is 31.2 Å². The molecule has 1 aromatic carbocycles. The molecular formula is C21H24ClN3O4S. The lowest BCUT2D eigenvalue weighted by atomic mass is 9.78. The molecule has 9 heteroatoms. The van der Waals surface area contributed by atoms with Crippen LogP contribution in [-0.2, 0) is 19.4 Å². The Labute approximate surface area is 181 Å². The van der Waals surface area contributed by atoms with Crippen LogP contribution in [0.3, 0.4) is 0 Å². The first-order valence-electron chi connectivity index (χ1n) is 10.4. The summed E-state index contributed by atoms with van der Waals surface area (Å²) >= 11 is 6.40. The van der Waals surface area contributed by atoms with Gasteiger partial charge in [-0.15, -0.1) is 0 Å². The van der Waals surface area contributed by atoms with Crippen molar-refractivity contribution in [1.82, 2.24) is 5.32 Å². The zero-order valence-electron chi connectivity index (χ0n) is 16.6. The molecule has 4 fully saturated rings. The maximum absolute atomic E-state index is 13.2. The number of rotatable bonds is 5. The van der Waals surface area contributed by atoms with Crippen molar-refractivity contribution in [3.8, 4) is 6.07 Å². The van der Waals surface area contributed by atoms with Crippen LogP contribution in [0.15, 0.2) is 23.1 Å². The summed E-state index contributed by atoms with van der Waals surface area (Å²) in [5.74, 6) is -0.587. The first-order valence-corrected chi connectivity index (χ1v) is 12.3. The number of sulfone groups is 1. The van der Waals surface area contributed by atoms with Gasteiger partial charge in [-0.1, -0.05) is 11.6 Å². The van der Waals surface area contributed by atoms with Gasteiger partial charge in [-0.25, -0.2) is 8.42 Å². The maximum atomic E-state index is 13.2. The number of nitrogens with zero attached hydrogens (tertiary/aromatic N) is 2. The van der Waals surface area contributed by atoms with Crippen LogP contribution in [0, 0.1) is 22.7 Å². The van der Waals surface area contributed by atoms with Crippen LogP contribution >= 0.6 is 11.6 Å². The Kier molecular flexibility index (Phi) is 4.58. The van der Waals surface area contributed by atoms with Gasteiger partial charge >= 0.3 is 0 Å². The van der Waals surface area contributed by atoms with Crippen LogP contribution in [0.4, 0.5) is 5.69 Å². The Bertz CT molecular complexity index is 1030. The lowest BCUT2D eigenvalue weighted by molar-refractivity contribution is -0.127. The molecule has 1 amide bonds. The van der Waals surface area contributed by atoms with E-state index in [9.17, 15) is 13.2 Å². The zero-order chi connectivity index (χ0) is 21.1. The van der Waals surface area contributed by atoms with Gasteiger partial charge in [0.2, 0.25) is 5.91 Å². The summed E-state index contributed by atoms with van der Waals surface area (Å²) in [6.07, 6.45) is 2.52. The number of halogens is 1. The molecule has 0 radical (unpaired) electrons. The highest BCUT2D eigenvalue weighted by Crippen LogP contribution is 2.43. The monoisotopic (exact) mass is 449 g/mol. The first-order chi connectivity index (χ1) is 14.3. The summed E-state index contributed by atoms with van der Waals surface area (Å²) in [4.78, 5) is 14.8. The molecule has 4 aliphatic rings. The van der Waals surface area contributed by atoms with Crippen LogP contribution < -0.4 is 10.2 Å². The summed E-state index contributed by atoms with van der Waals surface area (Å²) < 4.78 is 31.7. The second-order valence-corrected chi connectivity index (χ2v) is 11.9. The van der Waals surface area contributed by atoms with Gasteiger partial charge in [-0.2, -0.15) is 5.26 Å². The Balaban J connectivity index is 1.26. The van der Waals surface area contributed by atoms with Gasteiger partial charge in [-0.3, -0.25) is 4.79 Å². The van der Waals surface area contributed by atoms with Crippen molar-refractivity contribution in [2.24, 2.45) is 11.3 Å². The third-order valence-electron chi connectivity index (χ3n) is 6.98. The van der Waals surface area contributed by atoms with Gasteiger partial charge in [0.1, 0.15) is 5.54 Å². The van der Waals surface area contributed by atoms with Crippen molar-refractivity contribution in [1.29, 1.82) is 5.26 Å². The molecule has 2 saturated carbocycles. The molecule has 2 aliphatic carbocycles. The van der Waals surface area contributed by atoms with Crippen LogP contribution in [-0.4, -0.2) is 51.4 Å². The number of benzene rings is 1. The van der Waals surface area contributed by atoms with E-state index in [1.807, 2.05) is 6.07 Å². The Morgan fingerprint density at radius 2 is 2.00 bits per heavy atom. The molecule has 2 aliphatic heterocycles. The quantitative estimate of drug-likeness (QED) is 0.740. The van der Waals surface area contributed by atoms with E-state index in [0.717, 1.165) is 32.0 Å². The number of anilines is 1. The van der Waals surface area contributed by atoms with Gasteiger partial charge < -0.3 is 15.0 Å². The van der Waals surface area contributed by atoms with Crippen molar-refractivity contribution >= 4 is 33.0 Å². The summed E-state index contributed by atoms with van der Waals surface area (Å²) in [5.41, 5.74) is 0.460. The number of nitriles is 1. The Morgan fingerprint density at radius 1 is 1.27 bits per heavy atom. The van der Waals surface area contributed by atoms with Gasteiger partial charge in [0.15, 0.2) is 9.84 Å². The predicted octanol–water partition coefficient (Wildman–Crippen LogP) is 2.29. The molecule has 30 heavy (non-hydrogen) atoms. The molecule has 2 heterocycles. The molecule has 2 saturated heterocycles. The van der Waals surface area contributed by atoms with Gasteiger partial charge in [0.25, 0.3) is 0 Å². The summed E-state index contributed by atoms with van der Waals surface area (Å²) in [6.45, 7) is 3.38. The highest BCUT2D eigenvalue weighted by molar-refractivity contribution is 7.92. The molecule has 1 N–H and O–H groups in total. The van der Waals surface area contributed by atoms with E-state index in [0.29, 0.717) is 25.7 Å². The van der Waals surface area contributed by atoms with Crippen molar-refractivity contribution in [3.05, 3.63) is 23.2 Å². The first kappa shape index (κ1) is 20.1. The van der Waals surface area contributed by atoms with Gasteiger partial charge in [-0.05, 0) is 50.3 Å². The molecule has 0 unspecified atom stereocenters. The van der Waals surface area contributed by atoms with E-state index in [1.165, 1.54) is 0 Å². The fourth-order valence-electron chi connectivity index (χ4n) is 4.80. The number of hydrogen-bond acceptors (Lipinski definition) is 6. The fraction of sp³-hybridized carbons (Fsp3) is 0.619. The lowest BCUT2D eigenvalue weighted by Crippen LogP contribution is -2.66. The normalized spacial score (nSPS) is 28.3. The summed E-state index contributed by atoms with van der Waals surface area (Å²) in [6, 6.07) is 7.27. The number of amides is 1. The van der Waals surface area contributed by atoms with Crippen LogP contribution in [0.25, 0.3) is 0 Å². The molecular weight excluding hydrogens is 426 g/mol. The summed E-state index contributed by atoms with van der Waals surface area (Å²) in [7, 11) is -3.63. The molecule has 5 rings (SSSR count). The van der Waals surface area contributed by atoms with Crippen LogP contribution in [0.1, 0.15) is 32.1 Å². The van der Waals surface area contributed by atoms with E-state index >= 15 is 0 Å². The second kappa shape index (κ2) is 6.84. The minimum atomic E-state index is -3.63. The molecule has 0 aromatic heterocycles. The average Bonchev–Trinajstić information content (AvgIpc) is 3.22. The van der Waals surface area contributed by atoms with Gasteiger partial charge in [0, 0.05) is 24.7 Å². The largest absolute Gasteiger partial charge is 0.380 e. The predicted molar refractivity (Wildman–Crippen MR) is 111 cm³/mol. The molecule has 1 aromatic rings. The summed E-state index contributed by atoms with van der Waals surface area (Å²) in [5, 5.41) is 11.5. The van der Waals surface area contributed by atoms with Crippen molar-refractivity contribution < 1.29 is 17.9 Å². The van der Waals surface area contributed by atoms with E-state index in [4.69, 9.17) is 21.6 Å². The standard InChI is InChI=1S/C21H24ClN3O4S/c22-17-8-15(25-10-20(11-25)12-29-13-20)2-4-18(17)30(27,28)16-3-1-14(7-16)19(26)24-21(9-23)5-6-21/h2,4,8,14,16H,1,3,5-7,10-13H2,(H,24,26)/t14-,16-/m1/s1. The number of carbonyl (C=O) groups excluding carboxylic acids is 1. The van der Waals surface area contributed by atoms with Crippen molar-refractivity contribution in [3.63, 3.8) is 0 Å².